The Bertz CT molecular complexity index is 277. The lowest BCUT2D eigenvalue weighted by Gasteiger charge is -2.11. The van der Waals surface area contributed by atoms with E-state index in [1.165, 1.54) is 0 Å². The van der Waals surface area contributed by atoms with Crippen LogP contribution < -0.4 is 15.2 Å². The molecule has 1 aliphatic rings. The highest BCUT2D eigenvalue weighted by Crippen LogP contribution is 2.19. The van der Waals surface area contributed by atoms with E-state index >= 15 is 0 Å². The van der Waals surface area contributed by atoms with Crippen LogP contribution in [0.2, 0.25) is 0 Å². The molecule has 0 aromatic rings. The zero-order valence-corrected chi connectivity index (χ0v) is 9.72. The zero-order chi connectivity index (χ0) is 11.3. The van der Waals surface area contributed by atoms with E-state index < -0.39 is 10.2 Å². The molecule has 1 atom stereocenters. The first-order valence-corrected chi connectivity index (χ1v) is 6.53. The fourth-order valence-electron chi connectivity index (χ4n) is 1.14. The van der Waals surface area contributed by atoms with Crippen LogP contribution in [-0.4, -0.2) is 40.8 Å². The molecule has 7 heteroatoms. The van der Waals surface area contributed by atoms with E-state index in [-0.39, 0.29) is 12.1 Å². The quantitative estimate of drug-likeness (QED) is 0.501. The SMILES string of the molecule is COCC(N)CCNS(=O)(=O)NC1CC1. The van der Waals surface area contributed by atoms with Crippen LogP contribution in [0.1, 0.15) is 19.3 Å². The molecule has 6 nitrogen and oxygen atoms in total. The van der Waals surface area contributed by atoms with Gasteiger partial charge in [-0.1, -0.05) is 0 Å². The first kappa shape index (κ1) is 12.9. The third kappa shape index (κ3) is 6.06. The standard InChI is InChI=1S/C8H19N3O3S/c1-14-6-7(9)4-5-10-15(12,13)11-8-2-3-8/h7-8,10-11H,2-6,9H2,1H3. The molecule has 0 aromatic heterocycles. The topological polar surface area (TPSA) is 93.4 Å². The average molecular weight is 237 g/mol. The van der Waals surface area contributed by atoms with Crippen LogP contribution in [0.25, 0.3) is 0 Å². The summed E-state index contributed by atoms with van der Waals surface area (Å²) in [5.74, 6) is 0. The lowest BCUT2D eigenvalue weighted by Crippen LogP contribution is -2.40. The Morgan fingerprint density at radius 1 is 1.53 bits per heavy atom. The monoisotopic (exact) mass is 237 g/mol. The Hall–Kier alpha value is -0.210. The Morgan fingerprint density at radius 3 is 2.73 bits per heavy atom. The zero-order valence-electron chi connectivity index (χ0n) is 8.90. The second-order valence-electron chi connectivity index (χ2n) is 3.79. The Kier molecular flexibility index (Phi) is 4.94. The van der Waals surface area contributed by atoms with E-state index in [4.69, 9.17) is 10.5 Å². The van der Waals surface area contributed by atoms with Crippen molar-refractivity contribution in [2.75, 3.05) is 20.3 Å². The summed E-state index contributed by atoms with van der Waals surface area (Å²) in [5, 5.41) is 0. The molecule has 4 N–H and O–H groups in total. The molecule has 0 aliphatic heterocycles. The minimum atomic E-state index is -3.33. The van der Waals surface area contributed by atoms with Gasteiger partial charge in [-0.3, -0.25) is 0 Å². The van der Waals surface area contributed by atoms with Gasteiger partial charge in [0.15, 0.2) is 0 Å². The van der Waals surface area contributed by atoms with Crippen LogP contribution in [0.15, 0.2) is 0 Å². The number of methoxy groups -OCH3 is 1. The minimum Gasteiger partial charge on any atom is -0.383 e. The molecular weight excluding hydrogens is 218 g/mol. The summed E-state index contributed by atoms with van der Waals surface area (Å²) in [4.78, 5) is 0. The largest absolute Gasteiger partial charge is 0.383 e. The van der Waals surface area contributed by atoms with Crippen molar-refractivity contribution in [3.05, 3.63) is 0 Å². The van der Waals surface area contributed by atoms with Crippen LogP contribution in [0.5, 0.6) is 0 Å². The van der Waals surface area contributed by atoms with Crippen molar-refractivity contribution in [3.8, 4) is 0 Å². The molecule has 0 radical (unpaired) electrons. The van der Waals surface area contributed by atoms with Gasteiger partial charge in [0.05, 0.1) is 6.61 Å². The smallest absolute Gasteiger partial charge is 0.277 e. The van der Waals surface area contributed by atoms with Gasteiger partial charge in [-0.15, -0.1) is 0 Å². The third-order valence-electron chi connectivity index (χ3n) is 2.09. The fraction of sp³-hybridized carbons (Fsp3) is 1.00. The molecular formula is C8H19N3O3S. The summed E-state index contributed by atoms with van der Waals surface area (Å²) < 4.78 is 32.5. The summed E-state index contributed by atoms with van der Waals surface area (Å²) in [6.07, 6.45) is 2.44. The molecule has 1 rings (SSSR count). The predicted molar refractivity (Wildman–Crippen MR) is 57.5 cm³/mol. The summed E-state index contributed by atoms with van der Waals surface area (Å²) in [7, 11) is -1.76. The van der Waals surface area contributed by atoms with Crippen LogP contribution >= 0.6 is 0 Å². The molecule has 1 aliphatic carbocycles. The molecule has 90 valence electrons. The number of nitrogens with two attached hydrogens (primary N) is 1. The van der Waals surface area contributed by atoms with Crippen molar-refractivity contribution < 1.29 is 13.2 Å². The second kappa shape index (κ2) is 5.76. The predicted octanol–water partition coefficient (Wildman–Crippen LogP) is -1.06. The van der Waals surface area contributed by atoms with Crippen molar-refractivity contribution in [2.45, 2.75) is 31.3 Å². The van der Waals surface area contributed by atoms with E-state index in [0.717, 1.165) is 12.8 Å². The summed E-state index contributed by atoms with van der Waals surface area (Å²) in [5.41, 5.74) is 5.65. The highest BCUT2D eigenvalue weighted by atomic mass is 32.2. The van der Waals surface area contributed by atoms with Gasteiger partial charge < -0.3 is 10.5 Å². The first-order chi connectivity index (χ1) is 7.03. The Balaban J connectivity index is 2.12. The highest BCUT2D eigenvalue weighted by Gasteiger charge is 2.26. The van der Waals surface area contributed by atoms with Gasteiger partial charge in [-0.05, 0) is 19.3 Å². The van der Waals surface area contributed by atoms with E-state index in [2.05, 4.69) is 9.44 Å². The lowest BCUT2D eigenvalue weighted by molar-refractivity contribution is 0.177. The summed E-state index contributed by atoms with van der Waals surface area (Å²) >= 11 is 0. The maximum Gasteiger partial charge on any atom is 0.277 e. The van der Waals surface area contributed by atoms with Gasteiger partial charge in [0.2, 0.25) is 0 Å². The number of rotatable bonds is 8. The number of nitrogens with one attached hydrogen (secondary N) is 2. The van der Waals surface area contributed by atoms with Crippen molar-refractivity contribution in [2.24, 2.45) is 5.73 Å². The molecule has 1 saturated carbocycles. The van der Waals surface area contributed by atoms with Gasteiger partial charge in [0, 0.05) is 25.7 Å². The number of hydrogen-bond acceptors (Lipinski definition) is 4. The molecule has 1 fully saturated rings. The van der Waals surface area contributed by atoms with Gasteiger partial charge >= 0.3 is 0 Å². The van der Waals surface area contributed by atoms with Gasteiger partial charge in [-0.2, -0.15) is 13.1 Å². The normalized spacial score (nSPS) is 19.1. The number of ether oxygens (including phenoxy) is 1. The van der Waals surface area contributed by atoms with Crippen molar-refractivity contribution in [1.29, 1.82) is 0 Å². The Morgan fingerprint density at radius 2 is 2.20 bits per heavy atom. The van der Waals surface area contributed by atoms with Crippen LogP contribution in [0.4, 0.5) is 0 Å². The summed E-state index contributed by atoms with van der Waals surface area (Å²) in [6, 6.07) is 0.00812. The second-order valence-corrected chi connectivity index (χ2v) is 5.33. The molecule has 0 saturated heterocycles. The highest BCUT2D eigenvalue weighted by molar-refractivity contribution is 7.87. The first-order valence-electron chi connectivity index (χ1n) is 5.05. The molecule has 15 heavy (non-hydrogen) atoms. The molecule has 0 bridgehead atoms. The molecule has 0 aromatic carbocycles. The van der Waals surface area contributed by atoms with Crippen molar-refractivity contribution >= 4 is 10.2 Å². The van der Waals surface area contributed by atoms with Crippen molar-refractivity contribution in [1.82, 2.24) is 9.44 Å². The lowest BCUT2D eigenvalue weighted by atomic mass is 10.2. The van der Waals surface area contributed by atoms with Crippen LogP contribution in [0.3, 0.4) is 0 Å². The summed E-state index contributed by atoms with van der Waals surface area (Å²) in [6.45, 7) is 0.782. The van der Waals surface area contributed by atoms with E-state index in [0.29, 0.717) is 19.6 Å². The third-order valence-corrected chi connectivity index (χ3v) is 3.31. The molecule has 0 spiro atoms. The maximum absolute atomic E-state index is 11.3. The number of hydrogen-bond donors (Lipinski definition) is 3. The van der Waals surface area contributed by atoms with E-state index in [1.807, 2.05) is 0 Å². The van der Waals surface area contributed by atoms with Gasteiger partial charge in [0.25, 0.3) is 10.2 Å². The van der Waals surface area contributed by atoms with E-state index in [1.54, 1.807) is 7.11 Å². The molecule has 1 unspecified atom stereocenters. The Labute approximate surface area is 90.7 Å². The molecule has 0 heterocycles. The average Bonchev–Trinajstić information content (AvgIpc) is 2.87. The molecule has 0 amide bonds. The fourth-order valence-corrected chi connectivity index (χ4v) is 2.28. The van der Waals surface area contributed by atoms with Crippen molar-refractivity contribution in [3.63, 3.8) is 0 Å². The van der Waals surface area contributed by atoms with Gasteiger partial charge in [-0.25, -0.2) is 4.72 Å². The van der Waals surface area contributed by atoms with E-state index in [9.17, 15) is 8.42 Å². The minimum absolute atomic E-state index is 0.126. The maximum atomic E-state index is 11.3. The van der Waals surface area contributed by atoms with Crippen LogP contribution in [0, 0.1) is 0 Å². The van der Waals surface area contributed by atoms with Gasteiger partial charge in [0.1, 0.15) is 0 Å². The van der Waals surface area contributed by atoms with Crippen LogP contribution in [-0.2, 0) is 14.9 Å².